The summed E-state index contributed by atoms with van der Waals surface area (Å²) in [7, 11) is 0. The van der Waals surface area contributed by atoms with E-state index in [1.807, 2.05) is 31.2 Å². The van der Waals surface area contributed by atoms with E-state index >= 15 is 0 Å². The molecule has 0 N–H and O–H groups in total. The molecular formula is C22H27N5O2. The van der Waals surface area contributed by atoms with Crippen LogP contribution in [0, 0.1) is 0 Å². The zero-order valence-electron chi connectivity index (χ0n) is 17.0. The maximum atomic E-state index is 6.05. The van der Waals surface area contributed by atoms with Gasteiger partial charge in [0.15, 0.2) is 5.82 Å². The molecule has 0 spiro atoms. The molecular weight excluding hydrogens is 366 g/mol. The monoisotopic (exact) mass is 393 g/mol. The number of piperazine rings is 1. The Labute approximate surface area is 171 Å². The molecule has 7 heteroatoms. The van der Waals surface area contributed by atoms with Gasteiger partial charge in [-0.3, -0.25) is 14.8 Å². The van der Waals surface area contributed by atoms with Crippen LogP contribution in [0.15, 0.2) is 53.3 Å². The van der Waals surface area contributed by atoms with Crippen LogP contribution in [0.3, 0.4) is 0 Å². The lowest BCUT2D eigenvalue weighted by molar-refractivity contribution is 0.0842. The average Bonchev–Trinajstić information content (AvgIpc) is 3.25. The minimum absolute atomic E-state index is 0.145. The van der Waals surface area contributed by atoms with Gasteiger partial charge in [0.25, 0.3) is 0 Å². The Morgan fingerprint density at radius 2 is 1.93 bits per heavy atom. The summed E-state index contributed by atoms with van der Waals surface area (Å²) in [6.45, 7) is 8.95. The zero-order valence-corrected chi connectivity index (χ0v) is 17.0. The van der Waals surface area contributed by atoms with Crippen molar-refractivity contribution in [3.8, 4) is 11.5 Å². The highest BCUT2D eigenvalue weighted by Crippen LogP contribution is 2.27. The molecule has 1 saturated heterocycles. The summed E-state index contributed by atoms with van der Waals surface area (Å²) < 4.78 is 11.5. The summed E-state index contributed by atoms with van der Waals surface area (Å²) in [5, 5.41) is 4.02. The molecule has 0 aliphatic carbocycles. The molecule has 152 valence electrons. The highest BCUT2D eigenvalue weighted by Gasteiger charge is 2.26. The second-order valence-corrected chi connectivity index (χ2v) is 7.29. The Bertz CT molecular complexity index is 906. The maximum absolute atomic E-state index is 6.05. The number of ether oxygens (including phenoxy) is 1. The first-order valence-corrected chi connectivity index (χ1v) is 10.2. The molecule has 0 saturated carbocycles. The number of hydrogen-bond donors (Lipinski definition) is 0. The van der Waals surface area contributed by atoms with E-state index in [2.05, 4.69) is 44.0 Å². The highest BCUT2D eigenvalue weighted by molar-refractivity contribution is 5.37. The van der Waals surface area contributed by atoms with Crippen molar-refractivity contribution in [1.82, 2.24) is 24.9 Å². The maximum Gasteiger partial charge on any atom is 0.243 e. The summed E-state index contributed by atoms with van der Waals surface area (Å²) in [5.41, 5.74) is 1.18. The quantitative estimate of drug-likeness (QED) is 0.606. The van der Waals surface area contributed by atoms with Gasteiger partial charge < -0.3 is 9.26 Å². The number of aromatic nitrogens is 3. The van der Waals surface area contributed by atoms with Crippen molar-refractivity contribution >= 4 is 0 Å². The van der Waals surface area contributed by atoms with Crippen molar-refractivity contribution in [3.63, 3.8) is 0 Å². The van der Waals surface area contributed by atoms with Gasteiger partial charge in [-0.25, -0.2) is 0 Å². The number of aryl methyl sites for hydroxylation is 1. The van der Waals surface area contributed by atoms with E-state index in [4.69, 9.17) is 9.26 Å². The van der Waals surface area contributed by atoms with Gasteiger partial charge in [0, 0.05) is 50.9 Å². The summed E-state index contributed by atoms with van der Waals surface area (Å²) in [4.78, 5) is 13.5. The van der Waals surface area contributed by atoms with Crippen molar-refractivity contribution in [3.05, 3.63) is 66.1 Å². The van der Waals surface area contributed by atoms with Crippen LogP contribution in [0.25, 0.3) is 0 Å². The van der Waals surface area contributed by atoms with Crippen LogP contribution in [0.4, 0.5) is 0 Å². The van der Waals surface area contributed by atoms with E-state index < -0.39 is 0 Å². The molecule has 3 heterocycles. The Hall–Kier alpha value is -2.77. The van der Waals surface area contributed by atoms with E-state index in [9.17, 15) is 0 Å². The number of pyridine rings is 1. The van der Waals surface area contributed by atoms with Gasteiger partial charge in [0.1, 0.15) is 11.5 Å². The van der Waals surface area contributed by atoms with Crippen LogP contribution in [0.1, 0.15) is 37.2 Å². The first-order chi connectivity index (χ1) is 14.2. The van der Waals surface area contributed by atoms with Gasteiger partial charge in [-0.05, 0) is 25.1 Å². The van der Waals surface area contributed by atoms with Crippen molar-refractivity contribution in [2.75, 3.05) is 26.2 Å². The van der Waals surface area contributed by atoms with E-state index in [0.29, 0.717) is 5.89 Å². The van der Waals surface area contributed by atoms with Gasteiger partial charge in [0.05, 0.1) is 12.2 Å². The van der Waals surface area contributed by atoms with Crippen LogP contribution in [0.5, 0.6) is 11.5 Å². The van der Waals surface area contributed by atoms with Crippen LogP contribution < -0.4 is 4.74 Å². The van der Waals surface area contributed by atoms with E-state index in [0.717, 1.165) is 56.5 Å². The fraction of sp³-hybridized carbons (Fsp3) is 0.409. The van der Waals surface area contributed by atoms with Crippen LogP contribution >= 0.6 is 0 Å². The number of hydrogen-bond acceptors (Lipinski definition) is 7. The first-order valence-electron chi connectivity index (χ1n) is 10.2. The number of para-hydroxylation sites is 1. The third kappa shape index (κ3) is 4.81. The molecule has 1 aliphatic rings. The summed E-state index contributed by atoms with van der Waals surface area (Å²) in [5.74, 6) is 3.13. The van der Waals surface area contributed by atoms with Crippen molar-refractivity contribution < 1.29 is 9.26 Å². The normalized spacial score (nSPS) is 16.6. The molecule has 7 nitrogen and oxygen atoms in total. The van der Waals surface area contributed by atoms with Crippen LogP contribution in [-0.4, -0.2) is 51.1 Å². The summed E-state index contributed by atoms with van der Waals surface area (Å²) >= 11 is 0. The lowest BCUT2D eigenvalue weighted by Crippen LogP contribution is -2.46. The van der Waals surface area contributed by atoms with Crippen molar-refractivity contribution in [2.24, 2.45) is 0 Å². The van der Waals surface area contributed by atoms with Crippen LogP contribution in [0.2, 0.25) is 0 Å². The number of rotatable bonds is 7. The average molecular weight is 393 g/mol. The number of benzene rings is 1. The van der Waals surface area contributed by atoms with Crippen molar-refractivity contribution in [1.29, 1.82) is 0 Å². The molecule has 1 atom stereocenters. The molecule has 0 radical (unpaired) electrons. The first kappa shape index (κ1) is 19.5. The fourth-order valence-corrected chi connectivity index (χ4v) is 3.56. The SMILES string of the molecule is CCc1noc(C(C)N2CCN(Cc3ccccc3Oc3cccnc3)CC2)n1. The standard InChI is InChI=1S/C22H27N5O2/c1-3-21-24-22(29-25-21)17(2)27-13-11-26(12-14-27)16-18-7-4-5-9-20(18)28-19-8-6-10-23-15-19/h4-10,15,17H,3,11-14,16H2,1-2H3. The predicted octanol–water partition coefficient (Wildman–Crippen LogP) is 3.70. The molecule has 1 unspecified atom stereocenters. The van der Waals surface area contributed by atoms with Gasteiger partial charge in [-0.2, -0.15) is 4.98 Å². The molecule has 0 amide bonds. The van der Waals surface area contributed by atoms with E-state index in [1.54, 1.807) is 12.4 Å². The Morgan fingerprint density at radius 3 is 2.66 bits per heavy atom. The lowest BCUT2D eigenvalue weighted by Gasteiger charge is -2.37. The minimum atomic E-state index is 0.145. The largest absolute Gasteiger partial charge is 0.455 e. The summed E-state index contributed by atoms with van der Waals surface area (Å²) in [6, 6.07) is 12.2. The van der Waals surface area contributed by atoms with Gasteiger partial charge >= 0.3 is 0 Å². The number of nitrogens with zero attached hydrogens (tertiary/aromatic N) is 5. The smallest absolute Gasteiger partial charge is 0.243 e. The second kappa shape index (κ2) is 9.15. The molecule has 4 rings (SSSR count). The highest BCUT2D eigenvalue weighted by atomic mass is 16.5. The Balaban J connectivity index is 1.35. The van der Waals surface area contributed by atoms with Crippen LogP contribution in [-0.2, 0) is 13.0 Å². The third-order valence-corrected chi connectivity index (χ3v) is 5.34. The minimum Gasteiger partial charge on any atom is -0.455 e. The zero-order chi connectivity index (χ0) is 20.1. The van der Waals surface area contributed by atoms with Gasteiger partial charge in [-0.1, -0.05) is 30.3 Å². The molecule has 3 aromatic rings. The van der Waals surface area contributed by atoms with E-state index in [1.165, 1.54) is 5.56 Å². The Morgan fingerprint density at radius 1 is 1.10 bits per heavy atom. The Kier molecular flexibility index (Phi) is 6.17. The molecule has 1 aliphatic heterocycles. The topological polar surface area (TPSA) is 67.5 Å². The third-order valence-electron chi connectivity index (χ3n) is 5.34. The molecule has 29 heavy (non-hydrogen) atoms. The lowest BCUT2D eigenvalue weighted by atomic mass is 10.1. The van der Waals surface area contributed by atoms with Gasteiger partial charge in [-0.15, -0.1) is 0 Å². The van der Waals surface area contributed by atoms with E-state index in [-0.39, 0.29) is 6.04 Å². The summed E-state index contributed by atoms with van der Waals surface area (Å²) in [6.07, 6.45) is 4.28. The molecule has 0 bridgehead atoms. The predicted molar refractivity (Wildman–Crippen MR) is 110 cm³/mol. The second-order valence-electron chi connectivity index (χ2n) is 7.29. The molecule has 1 fully saturated rings. The molecule has 1 aromatic carbocycles. The molecule has 2 aromatic heterocycles. The van der Waals surface area contributed by atoms with Crippen molar-refractivity contribution in [2.45, 2.75) is 32.9 Å². The van der Waals surface area contributed by atoms with Gasteiger partial charge in [0.2, 0.25) is 5.89 Å². The fourth-order valence-electron chi connectivity index (χ4n) is 3.56.